The summed E-state index contributed by atoms with van der Waals surface area (Å²) in [5.74, 6) is 0.634. The minimum absolute atomic E-state index is 0.0988. The van der Waals surface area contributed by atoms with Gasteiger partial charge < -0.3 is 15.0 Å². The van der Waals surface area contributed by atoms with Gasteiger partial charge in [0.25, 0.3) is 0 Å². The normalized spacial score (nSPS) is 13.8. The van der Waals surface area contributed by atoms with Gasteiger partial charge >= 0.3 is 12.0 Å². The molecule has 8 heteroatoms. The lowest BCUT2D eigenvalue weighted by Crippen LogP contribution is -2.46. The second-order valence-electron chi connectivity index (χ2n) is 10.5. The zero-order valence-electron chi connectivity index (χ0n) is 23.3. The molecule has 2 aromatic heterocycles. The van der Waals surface area contributed by atoms with Crippen molar-refractivity contribution >= 4 is 29.0 Å². The Balaban J connectivity index is 1.43. The summed E-state index contributed by atoms with van der Waals surface area (Å²) in [6.45, 7) is 5.19. The van der Waals surface area contributed by atoms with Gasteiger partial charge in [0.2, 0.25) is 0 Å². The molecule has 0 saturated heterocycles. The molecule has 208 valence electrons. The van der Waals surface area contributed by atoms with Crippen molar-refractivity contribution in [3.63, 3.8) is 0 Å². The van der Waals surface area contributed by atoms with E-state index in [1.807, 2.05) is 55.5 Å². The molecular weight excluding hydrogens is 502 g/mol. The van der Waals surface area contributed by atoms with Crippen LogP contribution < -0.4 is 10.2 Å². The number of aryl methyl sites for hydroxylation is 1. The van der Waals surface area contributed by atoms with Crippen LogP contribution in [0.2, 0.25) is 0 Å². The lowest BCUT2D eigenvalue weighted by Gasteiger charge is -2.27. The molecule has 0 unspecified atom stereocenters. The van der Waals surface area contributed by atoms with Crippen LogP contribution in [0.15, 0.2) is 60.7 Å². The third-order valence-electron chi connectivity index (χ3n) is 7.66. The number of pyridine rings is 1. The Morgan fingerprint density at radius 2 is 1.73 bits per heavy atom. The second-order valence-corrected chi connectivity index (χ2v) is 10.5. The number of carboxylic acid groups (broad SMARTS) is 1. The number of benzene rings is 2. The van der Waals surface area contributed by atoms with Crippen LogP contribution >= 0.6 is 0 Å². The lowest BCUT2D eigenvalue weighted by molar-refractivity contribution is 0.0697. The van der Waals surface area contributed by atoms with E-state index >= 15 is 0 Å². The number of carboxylic acids is 1. The molecule has 4 aromatic rings. The predicted molar refractivity (Wildman–Crippen MR) is 158 cm³/mol. The van der Waals surface area contributed by atoms with Crippen molar-refractivity contribution in [3.8, 4) is 11.1 Å². The first kappa shape index (κ1) is 27.4. The van der Waals surface area contributed by atoms with Crippen LogP contribution in [0.5, 0.6) is 0 Å². The molecule has 0 radical (unpaired) electrons. The Kier molecular flexibility index (Phi) is 8.43. The Bertz CT molecular complexity index is 1490. The first-order chi connectivity index (χ1) is 19.5. The number of amides is 2. The van der Waals surface area contributed by atoms with Crippen LogP contribution in [0.3, 0.4) is 0 Å². The molecule has 0 atom stereocenters. The van der Waals surface area contributed by atoms with Gasteiger partial charge in [-0.1, -0.05) is 68.7 Å². The highest BCUT2D eigenvalue weighted by Crippen LogP contribution is 2.26. The quantitative estimate of drug-likeness (QED) is 0.248. The molecule has 8 nitrogen and oxygen atoms in total. The first-order valence-corrected chi connectivity index (χ1v) is 14.3. The number of carbonyl (C=O) groups is 2. The number of imidazole rings is 1. The SMILES string of the molecule is CCCc1nc2ccc(N(CC)C(=O)NC3CCCCC3)nc2n1Cc1ccc(-c2ccccc2C(=O)O)cc1. The zero-order valence-corrected chi connectivity index (χ0v) is 23.3. The number of nitrogens with zero attached hydrogens (tertiary/aromatic N) is 4. The van der Waals surface area contributed by atoms with Crippen molar-refractivity contribution in [1.29, 1.82) is 0 Å². The van der Waals surface area contributed by atoms with Crippen molar-refractivity contribution in [2.75, 3.05) is 11.4 Å². The molecule has 0 bridgehead atoms. The van der Waals surface area contributed by atoms with Crippen molar-refractivity contribution < 1.29 is 14.7 Å². The highest BCUT2D eigenvalue weighted by molar-refractivity contribution is 5.96. The summed E-state index contributed by atoms with van der Waals surface area (Å²) >= 11 is 0. The third-order valence-corrected chi connectivity index (χ3v) is 7.66. The summed E-state index contributed by atoms with van der Waals surface area (Å²) in [6, 6.07) is 19.0. The molecule has 1 fully saturated rings. The molecule has 40 heavy (non-hydrogen) atoms. The van der Waals surface area contributed by atoms with Crippen LogP contribution in [0.25, 0.3) is 22.3 Å². The number of nitrogens with one attached hydrogen (secondary N) is 1. The van der Waals surface area contributed by atoms with Crippen LogP contribution in [-0.2, 0) is 13.0 Å². The van der Waals surface area contributed by atoms with Crippen molar-refractivity contribution in [1.82, 2.24) is 19.9 Å². The van der Waals surface area contributed by atoms with Gasteiger partial charge in [-0.05, 0) is 61.1 Å². The maximum Gasteiger partial charge on any atom is 0.336 e. The third kappa shape index (κ3) is 5.86. The minimum Gasteiger partial charge on any atom is -0.478 e. The van der Waals surface area contributed by atoms with E-state index in [4.69, 9.17) is 9.97 Å². The molecule has 1 saturated carbocycles. The van der Waals surface area contributed by atoms with E-state index in [0.717, 1.165) is 66.6 Å². The van der Waals surface area contributed by atoms with E-state index in [-0.39, 0.29) is 17.6 Å². The molecule has 0 spiro atoms. The van der Waals surface area contributed by atoms with Crippen LogP contribution in [0, 0.1) is 0 Å². The number of fused-ring (bicyclic) bond motifs is 1. The Morgan fingerprint density at radius 1 is 0.975 bits per heavy atom. The summed E-state index contributed by atoms with van der Waals surface area (Å²) in [5.41, 5.74) is 4.45. The molecule has 2 aromatic carbocycles. The summed E-state index contributed by atoms with van der Waals surface area (Å²) in [5, 5.41) is 12.8. The number of hydrogen-bond donors (Lipinski definition) is 2. The molecule has 1 aliphatic carbocycles. The van der Waals surface area contributed by atoms with Gasteiger partial charge in [-0.25, -0.2) is 19.6 Å². The summed E-state index contributed by atoms with van der Waals surface area (Å²) < 4.78 is 2.13. The fraction of sp³-hybridized carbons (Fsp3) is 0.375. The standard InChI is InChI=1S/C32H37N5O3/c1-3-10-28-34-27-19-20-29(36(4-2)32(40)33-24-11-6-5-7-12-24)35-30(27)37(28)21-22-15-17-23(18-16-22)25-13-8-9-14-26(25)31(38)39/h8-9,13-20,24H,3-7,10-12,21H2,1-2H3,(H,33,40)(H,38,39). The molecule has 2 amide bonds. The molecular formula is C32H37N5O3. The van der Waals surface area contributed by atoms with E-state index in [0.29, 0.717) is 24.5 Å². The average molecular weight is 540 g/mol. The first-order valence-electron chi connectivity index (χ1n) is 14.3. The molecule has 2 heterocycles. The van der Waals surface area contributed by atoms with Gasteiger partial charge in [0.05, 0.1) is 12.1 Å². The smallest absolute Gasteiger partial charge is 0.336 e. The summed E-state index contributed by atoms with van der Waals surface area (Å²) in [4.78, 5) is 36.4. The van der Waals surface area contributed by atoms with E-state index in [2.05, 4.69) is 16.8 Å². The predicted octanol–water partition coefficient (Wildman–Crippen LogP) is 6.67. The van der Waals surface area contributed by atoms with Crippen LogP contribution in [0.1, 0.15) is 74.1 Å². The molecule has 2 N–H and O–H groups in total. The van der Waals surface area contributed by atoms with Crippen molar-refractivity contribution in [2.24, 2.45) is 0 Å². The number of aromatic carboxylic acids is 1. The molecule has 0 aliphatic heterocycles. The largest absolute Gasteiger partial charge is 0.478 e. The van der Waals surface area contributed by atoms with Crippen molar-refractivity contribution in [3.05, 3.63) is 77.6 Å². The number of carbonyl (C=O) groups excluding carboxylic acids is 1. The molecule has 1 aliphatic rings. The number of rotatable bonds is 9. The van der Waals surface area contributed by atoms with E-state index < -0.39 is 5.97 Å². The minimum atomic E-state index is -0.941. The average Bonchev–Trinajstić information content (AvgIpc) is 3.30. The van der Waals surface area contributed by atoms with Crippen LogP contribution in [-0.4, -0.2) is 44.2 Å². The van der Waals surface area contributed by atoms with E-state index in [1.54, 1.807) is 17.0 Å². The number of hydrogen-bond acceptors (Lipinski definition) is 4. The Labute approximate surface area is 235 Å². The van der Waals surface area contributed by atoms with Gasteiger partial charge in [-0.15, -0.1) is 0 Å². The maximum atomic E-state index is 13.2. The van der Waals surface area contributed by atoms with Crippen molar-refractivity contribution in [2.45, 2.75) is 71.4 Å². The Morgan fingerprint density at radius 3 is 2.42 bits per heavy atom. The number of urea groups is 1. The fourth-order valence-electron chi connectivity index (χ4n) is 5.57. The van der Waals surface area contributed by atoms with Gasteiger partial charge in [0.1, 0.15) is 17.2 Å². The Hall–Kier alpha value is -4.20. The monoisotopic (exact) mass is 539 g/mol. The maximum absolute atomic E-state index is 13.2. The van der Waals surface area contributed by atoms with Gasteiger partial charge in [0.15, 0.2) is 5.65 Å². The zero-order chi connectivity index (χ0) is 28.1. The topological polar surface area (TPSA) is 100 Å². The highest BCUT2D eigenvalue weighted by Gasteiger charge is 2.22. The van der Waals surface area contributed by atoms with Gasteiger partial charge in [-0.2, -0.15) is 0 Å². The van der Waals surface area contributed by atoms with Gasteiger partial charge in [0, 0.05) is 19.0 Å². The van der Waals surface area contributed by atoms with E-state index in [1.165, 1.54) is 6.42 Å². The summed E-state index contributed by atoms with van der Waals surface area (Å²) in [6.07, 6.45) is 7.39. The second kappa shape index (κ2) is 12.3. The fourth-order valence-corrected chi connectivity index (χ4v) is 5.57. The summed E-state index contributed by atoms with van der Waals surface area (Å²) in [7, 11) is 0. The number of anilines is 1. The highest BCUT2D eigenvalue weighted by atomic mass is 16.4. The number of aromatic nitrogens is 3. The molecule has 5 rings (SSSR count). The van der Waals surface area contributed by atoms with Gasteiger partial charge in [-0.3, -0.25) is 4.90 Å². The van der Waals surface area contributed by atoms with Crippen LogP contribution in [0.4, 0.5) is 10.6 Å². The van der Waals surface area contributed by atoms with E-state index in [9.17, 15) is 14.7 Å². The lowest BCUT2D eigenvalue weighted by atomic mass is 9.96.